The summed E-state index contributed by atoms with van der Waals surface area (Å²) in [7, 11) is 1.57. The minimum absolute atomic E-state index is 0.0624. The molecule has 0 saturated carbocycles. The van der Waals surface area contributed by atoms with E-state index < -0.39 is 0 Å². The van der Waals surface area contributed by atoms with Gasteiger partial charge in [0.2, 0.25) is 5.91 Å². The molecule has 1 amide bonds. The Kier molecular flexibility index (Phi) is 4.97. The Balaban J connectivity index is 2.21. The van der Waals surface area contributed by atoms with Gasteiger partial charge in [-0.3, -0.25) is 19.6 Å². The maximum atomic E-state index is 13.1. The normalized spacial score (nSPS) is 10.8. The summed E-state index contributed by atoms with van der Waals surface area (Å²) >= 11 is 5.91. The summed E-state index contributed by atoms with van der Waals surface area (Å²) in [6.07, 6.45) is 0.0624. The Morgan fingerprint density at radius 2 is 1.88 bits per heavy atom. The molecule has 26 heavy (non-hydrogen) atoms. The number of methoxy groups -OCH3 is 1. The number of fused-ring (bicyclic) bond motifs is 1. The maximum Gasteiger partial charge on any atom is 0.262 e. The van der Waals surface area contributed by atoms with Crippen LogP contribution in [0, 0.1) is 6.92 Å². The second kappa shape index (κ2) is 7.19. The van der Waals surface area contributed by atoms with Crippen molar-refractivity contribution in [3.05, 3.63) is 64.3 Å². The van der Waals surface area contributed by atoms with E-state index in [1.807, 2.05) is 6.07 Å². The van der Waals surface area contributed by atoms with Crippen molar-refractivity contribution in [2.45, 2.75) is 13.3 Å². The van der Waals surface area contributed by atoms with Crippen LogP contribution in [0.4, 0.5) is 0 Å². The first-order valence-corrected chi connectivity index (χ1v) is 8.31. The lowest BCUT2D eigenvalue weighted by Gasteiger charge is -2.08. The number of benzene rings is 2. The van der Waals surface area contributed by atoms with Crippen molar-refractivity contribution in [1.29, 1.82) is 0 Å². The summed E-state index contributed by atoms with van der Waals surface area (Å²) < 4.78 is 6.88. The largest absolute Gasteiger partial charge is 0.497 e. The zero-order chi connectivity index (χ0) is 18.8. The van der Waals surface area contributed by atoms with E-state index in [1.165, 1.54) is 0 Å². The molecule has 3 N–H and O–H groups in total. The van der Waals surface area contributed by atoms with E-state index in [4.69, 9.17) is 22.2 Å². The number of nitrogens with zero attached hydrogens (tertiary/aromatic N) is 1. The van der Waals surface area contributed by atoms with Crippen LogP contribution < -0.4 is 16.0 Å². The van der Waals surface area contributed by atoms with E-state index >= 15 is 0 Å². The Morgan fingerprint density at radius 1 is 1.19 bits per heavy atom. The summed E-state index contributed by atoms with van der Waals surface area (Å²) in [5, 5.41) is 1.33. The molecule has 134 valence electrons. The average molecular weight is 372 g/mol. The summed E-state index contributed by atoms with van der Waals surface area (Å²) in [5.74, 6) is 5.33. The Hall–Kier alpha value is -2.83. The molecule has 0 atom stereocenters. The number of rotatable bonds is 4. The minimum atomic E-state index is -0.339. The van der Waals surface area contributed by atoms with E-state index in [9.17, 15) is 9.59 Å². The van der Waals surface area contributed by atoms with Crippen LogP contribution in [0.3, 0.4) is 0 Å². The predicted molar refractivity (Wildman–Crippen MR) is 100 cm³/mol. The summed E-state index contributed by atoms with van der Waals surface area (Å²) in [5.41, 5.74) is 4.73. The molecule has 0 aliphatic heterocycles. The van der Waals surface area contributed by atoms with Crippen LogP contribution in [0.25, 0.3) is 10.9 Å². The number of ether oxygens (including phenoxy) is 1. The molecule has 0 bridgehead atoms. The van der Waals surface area contributed by atoms with E-state index in [0.717, 1.165) is 10.9 Å². The highest BCUT2D eigenvalue weighted by molar-refractivity contribution is 6.30. The molecule has 7 heteroatoms. The molecule has 0 saturated heterocycles. The van der Waals surface area contributed by atoms with E-state index in [0.29, 0.717) is 27.5 Å². The molecule has 0 spiro atoms. The second-order valence-corrected chi connectivity index (χ2v) is 6.28. The standard InChI is InChI=1S/C19H18ClN3O3/c1-11-15(10-18(24)22-21)16-9-14(26-2)7-8-17(16)23(11)19(25)12-3-5-13(20)6-4-12/h3-9H,10,21H2,1-2H3,(H,22,24). The molecule has 1 aromatic heterocycles. The molecular formula is C19H18ClN3O3. The number of amides is 1. The van der Waals surface area contributed by atoms with Gasteiger partial charge in [0.25, 0.3) is 5.91 Å². The van der Waals surface area contributed by atoms with Crippen LogP contribution in [0.5, 0.6) is 5.75 Å². The Morgan fingerprint density at radius 3 is 2.50 bits per heavy atom. The fourth-order valence-electron chi connectivity index (χ4n) is 3.01. The number of carbonyl (C=O) groups excluding carboxylic acids is 2. The monoisotopic (exact) mass is 371 g/mol. The van der Waals surface area contributed by atoms with Gasteiger partial charge in [0.05, 0.1) is 19.0 Å². The van der Waals surface area contributed by atoms with Gasteiger partial charge < -0.3 is 4.74 Å². The average Bonchev–Trinajstić information content (AvgIpc) is 2.92. The molecule has 2 aromatic carbocycles. The van der Waals surface area contributed by atoms with Crippen molar-refractivity contribution in [2.24, 2.45) is 5.84 Å². The van der Waals surface area contributed by atoms with Gasteiger partial charge in [0.1, 0.15) is 5.75 Å². The van der Waals surface area contributed by atoms with Crippen LogP contribution in [-0.4, -0.2) is 23.5 Å². The van der Waals surface area contributed by atoms with Gasteiger partial charge in [-0.25, -0.2) is 5.84 Å². The van der Waals surface area contributed by atoms with Gasteiger partial charge in [0.15, 0.2) is 0 Å². The van der Waals surface area contributed by atoms with Crippen LogP contribution in [0.2, 0.25) is 5.02 Å². The first-order valence-electron chi connectivity index (χ1n) is 7.94. The van der Waals surface area contributed by atoms with Gasteiger partial charge in [0, 0.05) is 21.7 Å². The number of halogens is 1. The Bertz CT molecular complexity index is 993. The number of nitrogens with two attached hydrogens (primary N) is 1. The second-order valence-electron chi connectivity index (χ2n) is 5.84. The quantitative estimate of drug-likeness (QED) is 0.419. The minimum Gasteiger partial charge on any atom is -0.497 e. The highest BCUT2D eigenvalue weighted by atomic mass is 35.5. The molecule has 0 radical (unpaired) electrons. The zero-order valence-electron chi connectivity index (χ0n) is 14.4. The lowest BCUT2D eigenvalue weighted by molar-refractivity contribution is -0.120. The number of hydrogen-bond donors (Lipinski definition) is 2. The smallest absolute Gasteiger partial charge is 0.262 e. The fourth-order valence-corrected chi connectivity index (χ4v) is 3.13. The topological polar surface area (TPSA) is 86.3 Å². The van der Waals surface area contributed by atoms with Crippen LogP contribution in [-0.2, 0) is 11.2 Å². The lowest BCUT2D eigenvalue weighted by atomic mass is 10.1. The number of hydrazine groups is 1. The van der Waals surface area contributed by atoms with Gasteiger partial charge in [-0.1, -0.05) is 11.6 Å². The summed E-state index contributed by atoms with van der Waals surface area (Å²) in [6, 6.07) is 12.1. The third-order valence-corrected chi connectivity index (χ3v) is 4.59. The van der Waals surface area contributed by atoms with Crippen molar-refractivity contribution in [3.63, 3.8) is 0 Å². The number of aromatic nitrogens is 1. The SMILES string of the molecule is COc1ccc2c(c1)c(CC(=O)NN)c(C)n2C(=O)c1ccc(Cl)cc1. The maximum absolute atomic E-state index is 13.1. The predicted octanol–water partition coefficient (Wildman–Crippen LogP) is 2.83. The van der Waals surface area contributed by atoms with Gasteiger partial charge >= 0.3 is 0 Å². The van der Waals surface area contributed by atoms with E-state index in [1.54, 1.807) is 55.0 Å². The molecule has 3 rings (SSSR count). The van der Waals surface area contributed by atoms with Crippen molar-refractivity contribution in [3.8, 4) is 5.75 Å². The van der Waals surface area contributed by atoms with Crippen LogP contribution in [0.15, 0.2) is 42.5 Å². The highest BCUT2D eigenvalue weighted by Gasteiger charge is 2.21. The first-order chi connectivity index (χ1) is 12.5. The number of nitrogens with one attached hydrogen (secondary N) is 1. The third kappa shape index (κ3) is 3.16. The lowest BCUT2D eigenvalue weighted by Crippen LogP contribution is -2.31. The molecule has 0 aliphatic rings. The van der Waals surface area contributed by atoms with Crippen LogP contribution >= 0.6 is 11.6 Å². The zero-order valence-corrected chi connectivity index (χ0v) is 15.1. The van der Waals surface area contributed by atoms with E-state index in [2.05, 4.69) is 5.43 Å². The van der Waals surface area contributed by atoms with Crippen molar-refractivity contribution < 1.29 is 14.3 Å². The van der Waals surface area contributed by atoms with Crippen LogP contribution in [0.1, 0.15) is 21.6 Å². The Labute approximate surface area is 155 Å². The van der Waals surface area contributed by atoms with Crippen molar-refractivity contribution in [1.82, 2.24) is 9.99 Å². The van der Waals surface area contributed by atoms with E-state index in [-0.39, 0.29) is 18.2 Å². The molecular weight excluding hydrogens is 354 g/mol. The van der Waals surface area contributed by atoms with Crippen molar-refractivity contribution in [2.75, 3.05) is 7.11 Å². The first kappa shape index (κ1) is 18.0. The van der Waals surface area contributed by atoms with Gasteiger partial charge in [-0.15, -0.1) is 0 Å². The number of carbonyl (C=O) groups is 2. The van der Waals surface area contributed by atoms with Gasteiger partial charge in [-0.2, -0.15) is 0 Å². The third-order valence-electron chi connectivity index (χ3n) is 4.33. The molecule has 0 fully saturated rings. The van der Waals surface area contributed by atoms with Gasteiger partial charge in [-0.05, 0) is 55.0 Å². The molecule has 0 aliphatic carbocycles. The summed E-state index contributed by atoms with van der Waals surface area (Å²) in [6.45, 7) is 1.80. The molecule has 6 nitrogen and oxygen atoms in total. The molecule has 0 unspecified atom stereocenters. The summed E-state index contributed by atoms with van der Waals surface area (Å²) in [4.78, 5) is 24.9. The molecule has 3 aromatic rings. The molecule has 1 heterocycles. The fraction of sp³-hybridized carbons (Fsp3) is 0.158. The number of hydrogen-bond acceptors (Lipinski definition) is 4. The van der Waals surface area contributed by atoms with Crippen molar-refractivity contribution >= 4 is 34.3 Å². The highest BCUT2D eigenvalue weighted by Crippen LogP contribution is 2.30.